The molecule has 1 saturated heterocycles. The van der Waals surface area contributed by atoms with E-state index in [4.69, 9.17) is 0 Å². The highest BCUT2D eigenvalue weighted by molar-refractivity contribution is 5.88. The van der Waals surface area contributed by atoms with Crippen molar-refractivity contribution in [3.63, 3.8) is 0 Å². The van der Waals surface area contributed by atoms with Crippen molar-refractivity contribution in [1.82, 2.24) is 10.2 Å². The minimum absolute atomic E-state index is 0.0135. The Morgan fingerprint density at radius 3 is 2.28 bits per heavy atom. The lowest BCUT2D eigenvalue weighted by atomic mass is 9.91. The van der Waals surface area contributed by atoms with Crippen molar-refractivity contribution in [1.29, 1.82) is 0 Å². The van der Waals surface area contributed by atoms with E-state index in [-0.39, 0.29) is 36.2 Å². The molecule has 5 heteroatoms. The Balaban J connectivity index is 1.93. The second kappa shape index (κ2) is 8.99. The topological polar surface area (TPSA) is 69.6 Å². The summed E-state index contributed by atoms with van der Waals surface area (Å²) in [6, 6.07) is 9.04. The molecule has 1 heterocycles. The molecule has 0 saturated carbocycles. The predicted octanol–water partition coefficient (Wildman–Crippen LogP) is 1.99. The summed E-state index contributed by atoms with van der Waals surface area (Å²) in [6.45, 7) is 7.00. The number of likely N-dealkylation sites (tertiary alicyclic amines) is 1. The molecule has 0 aromatic heterocycles. The molecule has 0 bridgehead atoms. The number of aliphatic hydroxyl groups is 1. The predicted molar refractivity (Wildman–Crippen MR) is 97.9 cm³/mol. The largest absolute Gasteiger partial charge is 0.393 e. The van der Waals surface area contributed by atoms with Crippen LogP contribution in [-0.2, 0) is 16.0 Å². The molecule has 1 aliphatic rings. The second-order valence-corrected chi connectivity index (χ2v) is 7.35. The van der Waals surface area contributed by atoms with Crippen molar-refractivity contribution in [3.8, 4) is 0 Å². The Kier molecular flexibility index (Phi) is 7.00. The van der Waals surface area contributed by atoms with E-state index in [0.29, 0.717) is 13.1 Å². The highest BCUT2D eigenvalue weighted by Crippen LogP contribution is 2.21. The van der Waals surface area contributed by atoms with Crippen LogP contribution in [-0.4, -0.2) is 47.1 Å². The average Bonchev–Trinajstić information content (AvgIpc) is 2.60. The van der Waals surface area contributed by atoms with Gasteiger partial charge in [0.05, 0.1) is 12.5 Å². The van der Waals surface area contributed by atoms with Gasteiger partial charge in [-0.05, 0) is 37.2 Å². The third kappa shape index (κ3) is 5.56. The minimum Gasteiger partial charge on any atom is -0.393 e. The summed E-state index contributed by atoms with van der Waals surface area (Å²) in [5, 5.41) is 12.6. The number of nitrogens with zero attached hydrogens (tertiary/aromatic N) is 1. The first kappa shape index (κ1) is 19.4. The van der Waals surface area contributed by atoms with Crippen LogP contribution < -0.4 is 5.32 Å². The fourth-order valence-electron chi connectivity index (χ4n) is 3.32. The van der Waals surface area contributed by atoms with Crippen molar-refractivity contribution in [2.45, 2.75) is 52.2 Å². The van der Waals surface area contributed by atoms with Gasteiger partial charge in [-0.15, -0.1) is 0 Å². The van der Waals surface area contributed by atoms with Crippen LogP contribution in [0.4, 0.5) is 0 Å². The minimum atomic E-state index is -0.501. The zero-order chi connectivity index (χ0) is 18.4. The summed E-state index contributed by atoms with van der Waals surface area (Å²) in [5.74, 6) is 0.147. The fraction of sp³-hybridized carbons (Fsp3) is 0.600. The van der Waals surface area contributed by atoms with Crippen LogP contribution in [0.1, 0.15) is 39.2 Å². The van der Waals surface area contributed by atoms with Crippen LogP contribution in [0.3, 0.4) is 0 Å². The average molecular weight is 346 g/mol. The van der Waals surface area contributed by atoms with E-state index in [1.807, 2.05) is 56.0 Å². The number of piperidine rings is 1. The summed E-state index contributed by atoms with van der Waals surface area (Å²) >= 11 is 0. The first-order chi connectivity index (χ1) is 11.9. The molecule has 0 radical (unpaired) electrons. The first-order valence-corrected chi connectivity index (χ1v) is 9.18. The molecule has 2 N–H and O–H groups in total. The van der Waals surface area contributed by atoms with Crippen molar-refractivity contribution in [3.05, 3.63) is 35.9 Å². The van der Waals surface area contributed by atoms with Gasteiger partial charge in [0.25, 0.3) is 0 Å². The molecule has 25 heavy (non-hydrogen) atoms. The van der Waals surface area contributed by atoms with E-state index in [9.17, 15) is 14.7 Å². The fourth-order valence-corrected chi connectivity index (χ4v) is 3.32. The van der Waals surface area contributed by atoms with Crippen molar-refractivity contribution >= 4 is 11.8 Å². The smallest absolute Gasteiger partial charge is 0.245 e. The van der Waals surface area contributed by atoms with Crippen LogP contribution in [0.15, 0.2) is 30.3 Å². The maximum atomic E-state index is 12.9. The number of carbonyl (C=O) groups excluding carboxylic acids is 2. The molecule has 2 atom stereocenters. The summed E-state index contributed by atoms with van der Waals surface area (Å²) in [4.78, 5) is 27.0. The number of hydrogen-bond acceptors (Lipinski definition) is 3. The second-order valence-electron chi connectivity index (χ2n) is 7.35. The molecular formula is C20H30N2O3. The van der Waals surface area contributed by atoms with Gasteiger partial charge in [0.1, 0.15) is 6.04 Å². The Labute approximate surface area is 150 Å². The molecular weight excluding hydrogens is 316 g/mol. The zero-order valence-electron chi connectivity index (χ0n) is 15.4. The third-order valence-electron chi connectivity index (χ3n) is 4.99. The standard InChI is InChI=1S/C20H30N2O3/c1-14(2)19(21-18(24)13-16-7-5-4-6-8-16)20(25)22-11-9-17(10-12-22)15(3)23/h4-8,14-15,17,19,23H,9-13H2,1-3H3,(H,21,24). The Morgan fingerprint density at radius 1 is 1.16 bits per heavy atom. The Hall–Kier alpha value is -1.88. The van der Waals surface area contributed by atoms with E-state index in [1.165, 1.54) is 0 Å². The number of benzene rings is 1. The quantitative estimate of drug-likeness (QED) is 0.828. The summed E-state index contributed by atoms with van der Waals surface area (Å²) in [6.07, 6.45) is 1.57. The van der Waals surface area contributed by atoms with Gasteiger partial charge in [-0.25, -0.2) is 0 Å². The van der Waals surface area contributed by atoms with Gasteiger partial charge in [-0.1, -0.05) is 44.2 Å². The molecule has 2 amide bonds. The normalized spacial score (nSPS) is 18.0. The Bertz CT molecular complexity index is 564. The summed E-state index contributed by atoms with van der Waals surface area (Å²) in [7, 11) is 0. The van der Waals surface area contributed by atoms with E-state index in [1.54, 1.807) is 0 Å². The molecule has 138 valence electrons. The van der Waals surface area contributed by atoms with E-state index < -0.39 is 6.04 Å². The number of nitrogens with one attached hydrogen (secondary N) is 1. The molecule has 0 aliphatic carbocycles. The SMILES string of the molecule is CC(C)C(NC(=O)Cc1ccccc1)C(=O)N1CCC(C(C)O)CC1. The van der Waals surface area contributed by atoms with Crippen LogP contribution in [0.2, 0.25) is 0 Å². The molecule has 1 aliphatic heterocycles. The van der Waals surface area contributed by atoms with Crippen LogP contribution in [0, 0.1) is 11.8 Å². The highest BCUT2D eigenvalue weighted by atomic mass is 16.3. The van der Waals surface area contributed by atoms with Crippen molar-refractivity contribution in [2.75, 3.05) is 13.1 Å². The summed E-state index contributed by atoms with van der Waals surface area (Å²) < 4.78 is 0. The van der Waals surface area contributed by atoms with Gasteiger partial charge in [0, 0.05) is 13.1 Å². The van der Waals surface area contributed by atoms with Gasteiger partial charge in [0.15, 0.2) is 0 Å². The zero-order valence-corrected chi connectivity index (χ0v) is 15.4. The van der Waals surface area contributed by atoms with Gasteiger partial charge < -0.3 is 15.3 Å². The van der Waals surface area contributed by atoms with Gasteiger partial charge in [-0.3, -0.25) is 9.59 Å². The van der Waals surface area contributed by atoms with Gasteiger partial charge in [0.2, 0.25) is 11.8 Å². The molecule has 2 unspecified atom stereocenters. The molecule has 2 rings (SSSR count). The number of amides is 2. The molecule has 1 aromatic carbocycles. The monoisotopic (exact) mass is 346 g/mol. The molecule has 1 fully saturated rings. The highest BCUT2D eigenvalue weighted by Gasteiger charge is 2.32. The van der Waals surface area contributed by atoms with E-state index in [0.717, 1.165) is 18.4 Å². The van der Waals surface area contributed by atoms with Crippen LogP contribution in [0.25, 0.3) is 0 Å². The van der Waals surface area contributed by atoms with Crippen molar-refractivity contribution < 1.29 is 14.7 Å². The van der Waals surface area contributed by atoms with Gasteiger partial charge in [-0.2, -0.15) is 0 Å². The maximum absolute atomic E-state index is 12.9. The first-order valence-electron chi connectivity index (χ1n) is 9.18. The molecule has 1 aromatic rings. The van der Waals surface area contributed by atoms with E-state index >= 15 is 0 Å². The molecule has 5 nitrogen and oxygen atoms in total. The lowest BCUT2D eigenvalue weighted by molar-refractivity contribution is -0.139. The number of rotatable bonds is 6. The van der Waals surface area contributed by atoms with Gasteiger partial charge >= 0.3 is 0 Å². The maximum Gasteiger partial charge on any atom is 0.245 e. The number of hydrogen-bond donors (Lipinski definition) is 2. The summed E-state index contributed by atoms with van der Waals surface area (Å²) in [5.41, 5.74) is 0.938. The van der Waals surface area contributed by atoms with Crippen LogP contribution >= 0.6 is 0 Å². The Morgan fingerprint density at radius 2 is 1.76 bits per heavy atom. The van der Waals surface area contributed by atoms with Crippen molar-refractivity contribution in [2.24, 2.45) is 11.8 Å². The van der Waals surface area contributed by atoms with E-state index in [2.05, 4.69) is 5.32 Å². The lowest BCUT2D eigenvalue weighted by Gasteiger charge is -2.36. The lowest BCUT2D eigenvalue weighted by Crippen LogP contribution is -2.53. The number of carbonyl (C=O) groups is 2. The van der Waals surface area contributed by atoms with Crippen LogP contribution in [0.5, 0.6) is 0 Å². The molecule has 0 spiro atoms. The number of aliphatic hydroxyl groups excluding tert-OH is 1. The third-order valence-corrected chi connectivity index (χ3v) is 4.99.